The van der Waals surface area contributed by atoms with Gasteiger partial charge < -0.3 is 15.1 Å². The van der Waals surface area contributed by atoms with E-state index in [0.29, 0.717) is 11.3 Å². The van der Waals surface area contributed by atoms with E-state index in [1.54, 1.807) is 10.8 Å². The standard InChI is InChI=1S/C17H23N7O/c25-16(13-11-17(13)3-5-18-6-4-17)23-9-7-22(8-10-23)15-2-1-14-20-19-12-24(14)21-15/h1-2,12-13,18H,3-11H2. The van der Waals surface area contributed by atoms with Crippen molar-refractivity contribution in [3.05, 3.63) is 18.5 Å². The highest BCUT2D eigenvalue weighted by molar-refractivity contribution is 5.83. The van der Waals surface area contributed by atoms with Crippen molar-refractivity contribution < 1.29 is 4.79 Å². The molecule has 1 aliphatic carbocycles. The van der Waals surface area contributed by atoms with Crippen LogP contribution in [0.25, 0.3) is 5.65 Å². The summed E-state index contributed by atoms with van der Waals surface area (Å²) < 4.78 is 1.69. The van der Waals surface area contributed by atoms with Gasteiger partial charge in [0.1, 0.15) is 12.1 Å². The highest BCUT2D eigenvalue weighted by Gasteiger charge is 2.58. The zero-order chi connectivity index (χ0) is 16.9. The molecule has 8 nitrogen and oxygen atoms in total. The molecule has 0 aromatic carbocycles. The van der Waals surface area contributed by atoms with Crippen LogP contribution in [0, 0.1) is 11.3 Å². The van der Waals surface area contributed by atoms with Gasteiger partial charge in [-0.2, -0.15) is 4.52 Å². The second-order valence-corrected chi connectivity index (χ2v) is 7.51. The third-order valence-electron chi connectivity index (χ3n) is 6.15. The van der Waals surface area contributed by atoms with Crippen LogP contribution in [-0.2, 0) is 4.79 Å². The second kappa shape index (κ2) is 5.66. The third-order valence-corrected chi connectivity index (χ3v) is 6.15. The summed E-state index contributed by atoms with van der Waals surface area (Å²) in [7, 11) is 0. The van der Waals surface area contributed by atoms with Gasteiger partial charge >= 0.3 is 0 Å². The Hall–Kier alpha value is -2.22. The Morgan fingerprint density at radius 2 is 1.96 bits per heavy atom. The smallest absolute Gasteiger partial charge is 0.226 e. The van der Waals surface area contributed by atoms with E-state index in [2.05, 4.69) is 30.4 Å². The highest BCUT2D eigenvalue weighted by Crippen LogP contribution is 2.59. The van der Waals surface area contributed by atoms with Crippen molar-refractivity contribution in [1.82, 2.24) is 30.0 Å². The number of carbonyl (C=O) groups excluding carboxylic acids is 1. The maximum absolute atomic E-state index is 12.9. The lowest BCUT2D eigenvalue weighted by Crippen LogP contribution is -2.50. The van der Waals surface area contributed by atoms with Gasteiger partial charge in [-0.3, -0.25) is 4.79 Å². The molecule has 25 heavy (non-hydrogen) atoms. The quantitative estimate of drug-likeness (QED) is 0.838. The lowest BCUT2D eigenvalue weighted by atomic mass is 9.91. The summed E-state index contributed by atoms with van der Waals surface area (Å²) in [5, 5.41) is 15.8. The fraction of sp³-hybridized carbons (Fsp3) is 0.647. The van der Waals surface area contributed by atoms with Crippen molar-refractivity contribution in [2.45, 2.75) is 19.3 Å². The Morgan fingerprint density at radius 3 is 2.76 bits per heavy atom. The number of hydrogen-bond donors (Lipinski definition) is 1. The molecule has 2 aromatic heterocycles. The summed E-state index contributed by atoms with van der Waals surface area (Å²) in [6.45, 7) is 5.35. The summed E-state index contributed by atoms with van der Waals surface area (Å²) >= 11 is 0. The van der Waals surface area contributed by atoms with Gasteiger partial charge in [0, 0.05) is 32.1 Å². The van der Waals surface area contributed by atoms with Gasteiger partial charge in [-0.15, -0.1) is 15.3 Å². The molecule has 1 unspecified atom stereocenters. The van der Waals surface area contributed by atoms with Crippen LogP contribution in [0.3, 0.4) is 0 Å². The summed E-state index contributed by atoms with van der Waals surface area (Å²) in [5.41, 5.74) is 1.07. The largest absolute Gasteiger partial charge is 0.352 e. The molecule has 2 saturated heterocycles. The number of carbonyl (C=O) groups is 1. The lowest BCUT2D eigenvalue weighted by Gasteiger charge is -2.36. The van der Waals surface area contributed by atoms with Crippen molar-refractivity contribution in [2.24, 2.45) is 11.3 Å². The first-order valence-electron chi connectivity index (χ1n) is 9.17. The molecule has 3 aliphatic rings. The fourth-order valence-corrected chi connectivity index (χ4v) is 4.44. The SMILES string of the molecule is O=C(C1CC12CCNCC2)N1CCN(c2ccc3nncn3n2)CC1. The zero-order valence-corrected chi connectivity index (χ0v) is 14.3. The van der Waals surface area contributed by atoms with Crippen LogP contribution >= 0.6 is 0 Å². The average molecular weight is 341 g/mol. The van der Waals surface area contributed by atoms with Crippen LogP contribution in [0.4, 0.5) is 5.82 Å². The van der Waals surface area contributed by atoms with Crippen LogP contribution in [0.15, 0.2) is 18.5 Å². The van der Waals surface area contributed by atoms with E-state index in [1.165, 1.54) is 0 Å². The number of amides is 1. The number of piperidine rings is 1. The predicted octanol–water partition coefficient (Wildman–Crippen LogP) is 0.163. The van der Waals surface area contributed by atoms with Crippen molar-refractivity contribution in [3.63, 3.8) is 0 Å². The molecule has 1 amide bonds. The molecular weight excluding hydrogens is 318 g/mol. The van der Waals surface area contributed by atoms with Crippen LogP contribution in [0.2, 0.25) is 0 Å². The highest BCUT2D eigenvalue weighted by atomic mass is 16.2. The number of rotatable bonds is 2. The fourth-order valence-electron chi connectivity index (χ4n) is 4.44. The van der Waals surface area contributed by atoms with Crippen molar-refractivity contribution in [1.29, 1.82) is 0 Å². The number of piperazine rings is 1. The number of anilines is 1. The van der Waals surface area contributed by atoms with Gasteiger partial charge in [0.25, 0.3) is 0 Å². The van der Waals surface area contributed by atoms with Gasteiger partial charge in [0.2, 0.25) is 5.91 Å². The molecule has 1 N–H and O–H groups in total. The number of fused-ring (bicyclic) bond motifs is 1. The maximum Gasteiger partial charge on any atom is 0.226 e. The van der Waals surface area contributed by atoms with Gasteiger partial charge in [-0.05, 0) is 49.9 Å². The predicted molar refractivity (Wildman–Crippen MR) is 92.2 cm³/mol. The van der Waals surface area contributed by atoms with E-state index < -0.39 is 0 Å². The first-order chi connectivity index (χ1) is 12.3. The van der Waals surface area contributed by atoms with Gasteiger partial charge in [-0.25, -0.2) is 0 Å². The van der Waals surface area contributed by atoms with E-state index in [-0.39, 0.29) is 5.92 Å². The molecule has 5 rings (SSSR count). The minimum Gasteiger partial charge on any atom is -0.352 e. The van der Waals surface area contributed by atoms with E-state index in [4.69, 9.17) is 0 Å². The monoisotopic (exact) mass is 341 g/mol. The molecule has 2 aromatic rings. The molecule has 1 spiro atoms. The van der Waals surface area contributed by atoms with E-state index in [0.717, 1.165) is 70.0 Å². The Kier molecular flexibility index (Phi) is 3.41. The van der Waals surface area contributed by atoms with Gasteiger partial charge in [0.05, 0.1) is 0 Å². The number of nitrogens with one attached hydrogen (secondary N) is 1. The normalized spacial score (nSPS) is 25.5. The topological polar surface area (TPSA) is 78.7 Å². The van der Waals surface area contributed by atoms with E-state index in [9.17, 15) is 4.79 Å². The molecule has 2 aliphatic heterocycles. The first-order valence-corrected chi connectivity index (χ1v) is 9.17. The Bertz CT molecular complexity index is 789. The van der Waals surface area contributed by atoms with Gasteiger partial charge in [0.15, 0.2) is 5.65 Å². The lowest BCUT2D eigenvalue weighted by molar-refractivity contribution is -0.133. The average Bonchev–Trinajstić information content (AvgIpc) is 3.14. The molecule has 0 radical (unpaired) electrons. The maximum atomic E-state index is 12.9. The molecule has 1 atom stereocenters. The van der Waals surface area contributed by atoms with Crippen molar-refractivity contribution in [3.8, 4) is 0 Å². The summed E-state index contributed by atoms with van der Waals surface area (Å²) in [6, 6.07) is 3.91. The Labute approximate surface area is 146 Å². The summed E-state index contributed by atoms with van der Waals surface area (Å²) in [4.78, 5) is 17.2. The number of aromatic nitrogens is 4. The second-order valence-electron chi connectivity index (χ2n) is 7.51. The summed E-state index contributed by atoms with van der Waals surface area (Å²) in [6.07, 6.45) is 5.03. The summed E-state index contributed by atoms with van der Waals surface area (Å²) in [5.74, 6) is 1.57. The van der Waals surface area contributed by atoms with Crippen LogP contribution in [-0.4, -0.2) is 69.9 Å². The minimum absolute atomic E-state index is 0.271. The Balaban J connectivity index is 1.22. The number of nitrogens with zero attached hydrogens (tertiary/aromatic N) is 6. The van der Waals surface area contributed by atoms with E-state index in [1.807, 2.05) is 12.1 Å². The molecule has 4 heterocycles. The number of hydrogen-bond acceptors (Lipinski definition) is 6. The van der Waals surface area contributed by atoms with E-state index >= 15 is 0 Å². The van der Waals surface area contributed by atoms with Crippen molar-refractivity contribution in [2.75, 3.05) is 44.2 Å². The molecule has 8 heteroatoms. The molecule has 132 valence electrons. The first kappa shape index (κ1) is 15.1. The van der Waals surface area contributed by atoms with Gasteiger partial charge in [-0.1, -0.05) is 0 Å². The molecule has 1 saturated carbocycles. The minimum atomic E-state index is 0.271. The third kappa shape index (κ3) is 2.55. The Morgan fingerprint density at radius 1 is 1.16 bits per heavy atom. The van der Waals surface area contributed by atoms with Crippen LogP contribution in [0.5, 0.6) is 0 Å². The van der Waals surface area contributed by atoms with Crippen LogP contribution in [0.1, 0.15) is 19.3 Å². The molecule has 3 fully saturated rings. The molecular formula is C17H23N7O. The van der Waals surface area contributed by atoms with Crippen molar-refractivity contribution >= 4 is 17.4 Å². The van der Waals surface area contributed by atoms with Crippen LogP contribution < -0.4 is 10.2 Å². The zero-order valence-electron chi connectivity index (χ0n) is 14.3. The molecule has 0 bridgehead atoms.